The van der Waals surface area contributed by atoms with E-state index >= 15 is 0 Å². The minimum absolute atomic E-state index is 0.00463. The van der Waals surface area contributed by atoms with E-state index in [2.05, 4.69) is 5.32 Å². The van der Waals surface area contributed by atoms with Gasteiger partial charge in [0.25, 0.3) is 5.91 Å². The quantitative estimate of drug-likeness (QED) is 0.722. The van der Waals surface area contributed by atoms with Gasteiger partial charge in [0, 0.05) is 17.7 Å². The molecular formula is C15H21N3O3. The molecule has 5 N–H and O–H groups in total. The van der Waals surface area contributed by atoms with Crippen LogP contribution in [0.25, 0.3) is 0 Å². The van der Waals surface area contributed by atoms with Crippen molar-refractivity contribution in [2.24, 2.45) is 23.3 Å². The highest BCUT2D eigenvalue weighted by molar-refractivity contribution is 5.93. The second-order valence-electron chi connectivity index (χ2n) is 5.31. The molecule has 0 radical (unpaired) electrons. The third-order valence-corrected chi connectivity index (χ3v) is 3.78. The van der Waals surface area contributed by atoms with Crippen LogP contribution in [0, 0.1) is 11.8 Å². The van der Waals surface area contributed by atoms with Crippen molar-refractivity contribution in [2.45, 2.75) is 19.3 Å². The molecule has 114 valence electrons. The van der Waals surface area contributed by atoms with Crippen LogP contribution < -0.4 is 21.5 Å². The van der Waals surface area contributed by atoms with Gasteiger partial charge in [-0.3, -0.25) is 9.59 Å². The molecule has 1 saturated carbocycles. The highest BCUT2D eigenvalue weighted by atomic mass is 16.5. The van der Waals surface area contributed by atoms with E-state index in [1.807, 2.05) is 0 Å². The second kappa shape index (κ2) is 7.08. The number of nitrogens with one attached hydrogen (secondary N) is 1. The summed E-state index contributed by atoms with van der Waals surface area (Å²) in [4.78, 5) is 23.0. The lowest BCUT2D eigenvalue weighted by Gasteiger charge is -2.17. The van der Waals surface area contributed by atoms with Crippen molar-refractivity contribution >= 4 is 17.5 Å². The van der Waals surface area contributed by atoms with E-state index in [1.54, 1.807) is 24.3 Å². The largest absolute Gasteiger partial charge is 0.484 e. The number of hydrogen-bond acceptors (Lipinski definition) is 4. The molecule has 2 atom stereocenters. The highest BCUT2D eigenvalue weighted by Gasteiger charge is 2.31. The molecule has 0 spiro atoms. The molecule has 0 aromatic heterocycles. The van der Waals surface area contributed by atoms with Gasteiger partial charge in [-0.1, -0.05) is 12.5 Å². The van der Waals surface area contributed by atoms with Gasteiger partial charge in [-0.15, -0.1) is 0 Å². The summed E-state index contributed by atoms with van der Waals surface area (Å²) < 4.78 is 5.21. The molecule has 2 rings (SSSR count). The molecule has 1 aliphatic rings. The fourth-order valence-corrected chi connectivity index (χ4v) is 2.72. The summed E-state index contributed by atoms with van der Waals surface area (Å²) in [6.45, 7) is 0.356. The van der Waals surface area contributed by atoms with Crippen LogP contribution in [0.3, 0.4) is 0 Å². The predicted molar refractivity (Wildman–Crippen MR) is 79.6 cm³/mol. The number of primary amides is 1. The lowest BCUT2D eigenvalue weighted by atomic mass is 9.95. The monoisotopic (exact) mass is 291 g/mol. The van der Waals surface area contributed by atoms with Gasteiger partial charge >= 0.3 is 0 Å². The van der Waals surface area contributed by atoms with Crippen molar-refractivity contribution < 1.29 is 14.3 Å². The van der Waals surface area contributed by atoms with Crippen LogP contribution in [-0.2, 0) is 9.59 Å². The summed E-state index contributed by atoms with van der Waals surface area (Å²) in [6, 6.07) is 6.91. The van der Waals surface area contributed by atoms with Gasteiger partial charge in [-0.2, -0.15) is 0 Å². The van der Waals surface area contributed by atoms with E-state index in [1.165, 1.54) is 0 Å². The highest BCUT2D eigenvalue weighted by Crippen LogP contribution is 2.32. The number of hydrogen-bond donors (Lipinski definition) is 3. The minimum Gasteiger partial charge on any atom is -0.484 e. The Morgan fingerprint density at radius 3 is 2.86 bits per heavy atom. The number of ether oxygens (including phenoxy) is 1. The third-order valence-electron chi connectivity index (χ3n) is 3.78. The number of benzene rings is 1. The summed E-state index contributed by atoms with van der Waals surface area (Å²) in [5.74, 6) is 0.189. The molecule has 6 heteroatoms. The zero-order valence-electron chi connectivity index (χ0n) is 11.9. The SMILES string of the molecule is NC[C@H]1CCC[C@H]1C(=O)Nc1cccc(OCC(N)=O)c1. The molecule has 1 aromatic rings. The van der Waals surface area contributed by atoms with Crippen LogP contribution in [0.2, 0.25) is 0 Å². The van der Waals surface area contributed by atoms with Crippen molar-refractivity contribution in [2.75, 3.05) is 18.5 Å². The Balaban J connectivity index is 1.97. The summed E-state index contributed by atoms with van der Waals surface area (Å²) in [5, 5.41) is 2.89. The average molecular weight is 291 g/mol. The van der Waals surface area contributed by atoms with Crippen LogP contribution >= 0.6 is 0 Å². The van der Waals surface area contributed by atoms with Crippen LogP contribution in [0.5, 0.6) is 5.75 Å². The van der Waals surface area contributed by atoms with Crippen molar-refractivity contribution in [3.8, 4) is 5.75 Å². The minimum atomic E-state index is -0.541. The van der Waals surface area contributed by atoms with E-state index in [0.717, 1.165) is 19.3 Å². The van der Waals surface area contributed by atoms with Gasteiger partial charge in [0.05, 0.1) is 0 Å². The molecule has 21 heavy (non-hydrogen) atoms. The Morgan fingerprint density at radius 1 is 1.33 bits per heavy atom. The van der Waals surface area contributed by atoms with Gasteiger partial charge in [0.15, 0.2) is 6.61 Å². The van der Waals surface area contributed by atoms with Crippen LogP contribution in [0.1, 0.15) is 19.3 Å². The standard InChI is InChI=1S/C15H21N3O3/c16-8-10-3-1-6-13(10)15(20)18-11-4-2-5-12(7-11)21-9-14(17)19/h2,4-5,7,10,13H,1,3,6,8-9,16H2,(H2,17,19)(H,18,20)/t10-,13-/m1/s1. The van der Waals surface area contributed by atoms with E-state index in [-0.39, 0.29) is 24.3 Å². The number of rotatable bonds is 6. The normalized spacial score (nSPS) is 21.0. The van der Waals surface area contributed by atoms with Gasteiger partial charge in [-0.05, 0) is 37.4 Å². The zero-order valence-corrected chi connectivity index (χ0v) is 11.9. The first-order valence-electron chi connectivity index (χ1n) is 7.12. The summed E-state index contributed by atoms with van der Waals surface area (Å²) in [5.41, 5.74) is 11.4. The van der Waals surface area contributed by atoms with Crippen LogP contribution in [0.4, 0.5) is 5.69 Å². The van der Waals surface area contributed by atoms with Crippen molar-refractivity contribution in [1.82, 2.24) is 0 Å². The molecule has 0 saturated heterocycles. The molecule has 2 amide bonds. The van der Waals surface area contributed by atoms with E-state index < -0.39 is 5.91 Å². The Morgan fingerprint density at radius 2 is 2.14 bits per heavy atom. The zero-order chi connectivity index (χ0) is 15.2. The first-order chi connectivity index (χ1) is 10.1. The van der Waals surface area contributed by atoms with E-state index in [0.29, 0.717) is 18.0 Å². The van der Waals surface area contributed by atoms with Gasteiger partial charge in [-0.25, -0.2) is 0 Å². The van der Waals surface area contributed by atoms with E-state index in [4.69, 9.17) is 16.2 Å². The number of carbonyl (C=O) groups is 2. The molecule has 0 heterocycles. The molecular weight excluding hydrogens is 270 g/mol. The molecule has 0 aliphatic heterocycles. The average Bonchev–Trinajstić information content (AvgIpc) is 2.94. The molecule has 1 fully saturated rings. The van der Waals surface area contributed by atoms with Crippen molar-refractivity contribution in [1.29, 1.82) is 0 Å². The van der Waals surface area contributed by atoms with Gasteiger partial charge in [0.1, 0.15) is 5.75 Å². The maximum absolute atomic E-state index is 12.3. The number of nitrogens with two attached hydrogens (primary N) is 2. The number of amides is 2. The molecule has 0 bridgehead atoms. The fourth-order valence-electron chi connectivity index (χ4n) is 2.72. The summed E-state index contributed by atoms with van der Waals surface area (Å²) in [6.07, 6.45) is 2.93. The third kappa shape index (κ3) is 4.19. The lowest BCUT2D eigenvalue weighted by molar-refractivity contribution is -0.121. The van der Waals surface area contributed by atoms with Gasteiger partial charge < -0.3 is 21.5 Å². The molecule has 1 aromatic carbocycles. The Kier molecular flexibility index (Phi) is 5.16. The predicted octanol–water partition coefficient (Wildman–Crippen LogP) is 0.864. The van der Waals surface area contributed by atoms with Gasteiger partial charge in [0.2, 0.25) is 5.91 Å². The number of anilines is 1. The Bertz CT molecular complexity index is 519. The lowest BCUT2D eigenvalue weighted by Crippen LogP contribution is -2.29. The van der Waals surface area contributed by atoms with Crippen molar-refractivity contribution in [3.63, 3.8) is 0 Å². The van der Waals surface area contributed by atoms with Crippen molar-refractivity contribution in [3.05, 3.63) is 24.3 Å². The maximum Gasteiger partial charge on any atom is 0.255 e. The Labute approximate surface area is 123 Å². The molecule has 0 unspecified atom stereocenters. The Hall–Kier alpha value is -2.08. The topological polar surface area (TPSA) is 107 Å². The second-order valence-corrected chi connectivity index (χ2v) is 5.31. The summed E-state index contributed by atoms with van der Waals surface area (Å²) >= 11 is 0. The maximum atomic E-state index is 12.3. The first-order valence-corrected chi connectivity index (χ1v) is 7.12. The molecule has 6 nitrogen and oxygen atoms in total. The summed E-state index contributed by atoms with van der Waals surface area (Å²) in [7, 11) is 0. The molecule has 1 aliphatic carbocycles. The van der Waals surface area contributed by atoms with Crippen LogP contribution in [-0.4, -0.2) is 25.0 Å². The van der Waals surface area contributed by atoms with Crippen LogP contribution in [0.15, 0.2) is 24.3 Å². The smallest absolute Gasteiger partial charge is 0.255 e. The number of carbonyl (C=O) groups excluding carboxylic acids is 2. The first kappa shape index (κ1) is 15.3. The fraction of sp³-hybridized carbons (Fsp3) is 0.467. The van der Waals surface area contributed by atoms with E-state index in [9.17, 15) is 9.59 Å².